The van der Waals surface area contributed by atoms with Gasteiger partial charge in [0.05, 0.1) is 36.2 Å². The van der Waals surface area contributed by atoms with Gasteiger partial charge in [-0.25, -0.2) is 4.98 Å². The van der Waals surface area contributed by atoms with E-state index >= 15 is 0 Å². The van der Waals surface area contributed by atoms with Crippen molar-refractivity contribution in [2.45, 2.75) is 26.6 Å². The van der Waals surface area contributed by atoms with Crippen molar-refractivity contribution in [2.24, 2.45) is 0 Å². The molecule has 4 aromatic rings. The maximum Gasteiger partial charge on any atom is 0.236 e. The molecule has 4 heterocycles. The van der Waals surface area contributed by atoms with E-state index in [0.29, 0.717) is 25.5 Å². The van der Waals surface area contributed by atoms with Gasteiger partial charge in [-0.1, -0.05) is 6.07 Å². The molecule has 0 aliphatic rings. The Kier molecular flexibility index (Phi) is 4.54. The maximum atomic E-state index is 5.86. The molecule has 5 nitrogen and oxygen atoms in total. The molecule has 0 aromatic carbocycles. The largest absolute Gasteiger partial charge is 0.468 e. The van der Waals surface area contributed by atoms with Crippen molar-refractivity contribution in [1.29, 1.82) is 0 Å². The summed E-state index contributed by atoms with van der Waals surface area (Å²) in [5.41, 5.74) is 0.932. The van der Waals surface area contributed by atoms with Gasteiger partial charge in [0.25, 0.3) is 0 Å². The molecule has 0 N–H and O–H groups in total. The summed E-state index contributed by atoms with van der Waals surface area (Å²) in [6.45, 7) is 3.96. The van der Waals surface area contributed by atoms with Crippen molar-refractivity contribution in [2.75, 3.05) is 0 Å². The second-order valence-corrected chi connectivity index (χ2v) is 6.75. The van der Waals surface area contributed by atoms with E-state index < -0.39 is 0 Å². The van der Waals surface area contributed by atoms with Crippen LogP contribution in [0.15, 0.2) is 67.6 Å². The molecule has 0 spiro atoms. The zero-order valence-electron chi connectivity index (χ0n) is 13.8. The molecule has 0 aliphatic heterocycles. The minimum Gasteiger partial charge on any atom is -0.468 e. The van der Waals surface area contributed by atoms with Gasteiger partial charge in [0, 0.05) is 6.54 Å². The van der Waals surface area contributed by atoms with Crippen LogP contribution in [-0.4, -0.2) is 9.88 Å². The summed E-state index contributed by atoms with van der Waals surface area (Å²) in [6, 6.07) is 11.8. The van der Waals surface area contributed by atoms with Crippen molar-refractivity contribution in [1.82, 2.24) is 9.88 Å². The zero-order valence-corrected chi connectivity index (χ0v) is 14.7. The van der Waals surface area contributed by atoms with Crippen molar-refractivity contribution >= 4 is 11.3 Å². The Morgan fingerprint density at radius 1 is 0.960 bits per heavy atom. The lowest BCUT2D eigenvalue weighted by Gasteiger charge is -2.19. The summed E-state index contributed by atoms with van der Waals surface area (Å²) in [7, 11) is 0. The molecular weight excluding hydrogens is 336 g/mol. The van der Waals surface area contributed by atoms with Crippen LogP contribution < -0.4 is 0 Å². The van der Waals surface area contributed by atoms with Crippen LogP contribution in [0.1, 0.15) is 23.0 Å². The highest BCUT2D eigenvalue weighted by atomic mass is 32.1. The van der Waals surface area contributed by atoms with Crippen molar-refractivity contribution < 1.29 is 13.3 Å². The molecule has 0 amide bonds. The van der Waals surface area contributed by atoms with E-state index in [4.69, 9.17) is 18.2 Å². The number of nitrogens with zero attached hydrogens (tertiary/aromatic N) is 2. The third kappa shape index (κ3) is 3.75. The van der Waals surface area contributed by atoms with Crippen molar-refractivity contribution in [3.8, 4) is 10.8 Å². The average molecular weight is 354 g/mol. The number of oxazole rings is 1. The van der Waals surface area contributed by atoms with E-state index in [-0.39, 0.29) is 0 Å². The zero-order chi connectivity index (χ0) is 17.1. The number of rotatable bonds is 7. The van der Waals surface area contributed by atoms with Gasteiger partial charge in [-0.05, 0) is 42.6 Å². The standard InChI is InChI=1S/C19H18N2O3S/c1-14-17(20-19(24-14)18-7-4-10-25-18)13-21(11-15-5-2-8-22-15)12-16-6-3-9-23-16/h2-10H,11-13H2,1H3. The van der Waals surface area contributed by atoms with Crippen LogP contribution in [0.3, 0.4) is 0 Å². The molecule has 0 unspecified atom stereocenters. The molecule has 0 radical (unpaired) electrons. The number of furan rings is 2. The highest BCUT2D eigenvalue weighted by Gasteiger charge is 2.17. The Morgan fingerprint density at radius 3 is 2.24 bits per heavy atom. The van der Waals surface area contributed by atoms with Crippen LogP contribution >= 0.6 is 11.3 Å². The number of hydrogen-bond acceptors (Lipinski definition) is 6. The van der Waals surface area contributed by atoms with E-state index in [1.165, 1.54) is 0 Å². The molecule has 0 saturated heterocycles. The number of thiophene rings is 1. The fourth-order valence-corrected chi connectivity index (χ4v) is 3.35. The molecule has 0 fully saturated rings. The van der Waals surface area contributed by atoms with E-state index in [1.807, 2.05) is 48.7 Å². The van der Waals surface area contributed by atoms with E-state index in [1.54, 1.807) is 23.9 Å². The fraction of sp³-hybridized carbons (Fsp3) is 0.211. The van der Waals surface area contributed by atoms with Gasteiger partial charge in [0.2, 0.25) is 5.89 Å². The quantitative estimate of drug-likeness (QED) is 0.462. The third-order valence-corrected chi connectivity index (χ3v) is 4.77. The average Bonchev–Trinajstić information content (AvgIpc) is 3.36. The van der Waals surface area contributed by atoms with Gasteiger partial charge in [-0.3, -0.25) is 4.90 Å². The van der Waals surface area contributed by atoms with Gasteiger partial charge < -0.3 is 13.3 Å². The molecule has 25 heavy (non-hydrogen) atoms. The number of aromatic nitrogens is 1. The van der Waals surface area contributed by atoms with Crippen molar-refractivity contribution in [3.05, 3.63) is 77.3 Å². The highest BCUT2D eigenvalue weighted by molar-refractivity contribution is 7.13. The van der Waals surface area contributed by atoms with Crippen LogP contribution in [0.5, 0.6) is 0 Å². The molecule has 4 rings (SSSR count). The molecule has 0 aliphatic carbocycles. The Hall–Kier alpha value is -2.57. The first-order valence-electron chi connectivity index (χ1n) is 8.05. The molecule has 128 valence electrons. The predicted octanol–water partition coefficient (Wildman–Crippen LogP) is 5.10. The smallest absolute Gasteiger partial charge is 0.236 e. The molecule has 0 bridgehead atoms. The lowest BCUT2D eigenvalue weighted by atomic mass is 10.3. The van der Waals surface area contributed by atoms with Gasteiger partial charge in [0.15, 0.2) is 0 Å². The first kappa shape index (κ1) is 15.9. The Balaban J connectivity index is 1.55. The van der Waals surface area contributed by atoms with Crippen LogP contribution in [-0.2, 0) is 19.6 Å². The van der Waals surface area contributed by atoms with Crippen LogP contribution in [0.25, 0.3) is 10.8 Å². The first-order valence-corrected chi connectivity index (χ1v) is 8.93. The number of hydrogen-bond donors (Lipinski definition) is 0. The van der Waals surface area contributed by atoms with Crippen LogP contribution in [0, 0.1) is 6.92 Å². The minimum atomic E-state index is 0.655. The second-order valence-electron chi connectivity index (χ2n) is 5.80. The van der Waals surface area contributed by atoms with Gasteiger partial charge >= 0.3 is 0 Å². The van der Waals surface area contributed by atoms with Gasteiger partial charge in [-0.2, -0.15) is 0 Å². The van der Waals surface area contributed by atoms with Crippen LogP contribution in [0.4, 0.5) is 0 Å². The lowest BCUT2D eigenvalue weighted by molar-refractivity contribution is 0.206. The predicted molar refractivity (Wildman–Crippen MR) is 94.9 cm³/mol. The molecule has 0 saturated carbocycles. The normalized spacial score (nSPS) is 11.4. The highest BCUT2D eigenvalue weighted by Crippen LogP contribution is 2.27. The van der Waals surface area contributed by atoms with Gasteiger partial charge in [-0.15, -0.1) is 11.3 Å². The summed E-state index contributed by atoms with van der Waals surface area (Å²) in [4.78, 5) is 7.95. The molecule has 6 heteroatoms. The van der Waals surface area contributed by atoms with Crippen LogP contribution in [0.2, 0.25) is 0 Å². The lowest BCUT2D eigenvalue weighted by Crippen LogP contribution is -2.22. The molecular formula is C19H18N2O3S. The third-order valence-electron chi connectivity index (χ3n) is 3.92. The summed E-state index contributed by atoms with van der Waals surface area (Å²) in [5, 5.41) is 2.02. The fourth-order valence-electron chi connectivity index (χ4n) is 2.71. The summed E-state index contributed by atoms with van der Waals surface area (Å²) < 4.78 is 16.9. The maximum absolute atomic E-state index is 5.86. The van der Waals surface area contributed by atoms with Gasteiger partial charge in [0.1, 0.15) is 17.3 Å². The number of aryl methyl sites for hydroxylation is 1. The molecule has 4 aromatic heterocycles. The summed E-state index contributed by atoms with van der Waals surface area (Å²) in [5.74, 6) is 3.34. The first-order chi connectivity index (χ1) is 12.3. The monoisotopic (exact) mass is 354 g/mol. The van der Waals surface area contributed by atoms with E-state index in [0.717, 1.165) is 27.9 Å². The second kappa shape index (κ2) is 7.13. The van der Waals surface area contributed by atoms with E-state index in [2.05, 4.69) is 4.90 Å². The Bertz CT molecular complexity index is 857. The Morgan fingerprint density at radius 2 is 1.68 bits per heavy atom. The Labute approximate surface area is 149 Å². The van der Waals surface area contributed by atoms with E-state index in [9.17, 15) is 0 Å². The topological polar surface area (TPSA) is 55.6 Å². The summed E-state index contributed by atoms with van der Waals surface area (Å²) in [6.07, 6.45) is 3.38. The molecule has 0 atom stereocenters. The van der Waals surface area contributed by atoms with Crippen molar-refractivity contribution in [3.63, 3.8) is 0 Å². The summed E-state index contributed by atoms with van der Waals surface area (Å²) >= 11 is 1.62. The SMILES string of the molecule is Cc1oc(-c2cccs2)nc1CN(Cc1ccco1)Cc1ccco1. The minimum absolute atomic E-state index is 0.655.